The Balaban J connectivity index is 2.23. The molecule has 11 heteroatoms. The summed E-state index contributed by atoms with van der Waals surface area (Å²) in [5.74, 6) is -0.492. The minimum absolute atomic E-state index is 0.0149. The van der Waals surface area contributed by atoms with Gasteiger partial charge < -0.3 is 15.5 Å². The van der Waals surface area contributed by atoms with Crippen LogP contribution in [-0.4, -0.2) is 51.7 Å². The largest absolute Gasteiger partial charge is 0.421 e. The molecule has 0 aliphatic heterocycles. The summed E-state index contributed by atoms with van der Waals surface area (Å²) >= 11 is 0. The van der Waals surface area contributed by atoms with Gasteiger partial charge in [0, 0.05) is 33.5 Å². The molecule has 136 valence electrons. The fourth-order valence-corrected chi connectivity index (χ4v) is 1.96. The summed E-state index contributed by atoms with van der Waals surface area (Å²) in [6, 6.07) is 0. The van der Waals surface area contributed by atoms with Crippen molar-refractivity contribution < 1.29 is 18.0 Å². The van der Waals surface area contributed by atoms with Crippen molar-refractivity contribution in [2.75, 3.05) is 31.8 Å². The fourth-order valence-electron chi connectivity index (χ4n) is 1.96. The van der Waals surface area contributed by atoms with Gasteiger partial charge in [0.25, 0.3) is 0 Å². The Labute approximate surface area is 142 Å². The molecule has 0 bridgehead atoms. The maximum atomic E-state index is 12.9. The maximum absolute atomic E-state index is 12.9. The van der Waals surface area contributed by atoms with Crippen LogP contribution in [0.15, 0.2) is 12.4 Å². The van der Waals surface area contributed by atoms with E-state index >= 15 is 0 Å². The van der Waals surface area contributed by atoms with E-state index in [0.29, 0.717) is 17.6 Å². The van der Waals surface area contributed by atoms with Crippen molar-refractivity contribution in [3.05, 3.63) is 23.7 Å². The first kappa shape index (κ1) is 18.5. The number of aromatic nitrogens is 4. The van der Waals surface area contributed by atoms with E-state index in [4.69, 9.17) is 0 Å². The maximum Gasteiger partial charge on any atom is 0.421 e. The quantitative estimate of drug-likeness (QED) is 0.849. The van der Waals surface area contributed by atoms with Crippen LogP contribution >= 0.6 is 0 Å². The van der Waals surface area contributed by atoms with E-state index in [1.807, 2.05) is 0 Å². The molecule has 1 amide bonds. The first-order valence-corrected chi connectivity index (χ1v) is 7.25. The van der Waals surface area contributed by atoms with Crippen LogP contribution in [0.3, 0.4) is 0 Å². The standard InChI is InChI=1S/C14H18F3N7O/c1-8-10(6-24(22-8)7-11(25)23(3)4)20-13-19-5-9(14(15,16)17)12(18-2)21-13/h5-6H,7H2,1-4H3,(H2,18,19,20,21). The molecule has 2 aromatic heterocycles. The number of alkyl halides is 3. The van der Waals surface area contributed by atoms with E-state index in [2.05, 4.69) is 25.7 Å². The number of hydrogen-bond acceptors (Lipinski definition) is 6. The molecule has 0 atom stereocenters. The van der Waals surface area contributed by atoms with E-state index in [-0.39, 0.29) is 24.2 Å². The molecule has 8 nitrogen and oxygen atoms in total. The van der Waals surface area contributed by atoms with E-state index < -0.39 is 11.7 Å². The van der Waals surface area contributed by atoms with Gasteiger partial charge in [-0.15, -0.1) is 0 Å². The lowest BCUT2D eigenvalue weighted by Gasteiger charge is -2.12. The number of amides is 1. The van der Waals surface area contributed by atoms with Crippen LogP contribution in [0.5, 0.6) is 0 Å². The number of carbonyl (C=O) groups excluding carboxylic acids is 1. The highest BCUT2D eigenvalue weighted by Gasteiger charge is 2.35. The van der Waals surface area contributed by atoms with Crippen molar-refractivity contribution in [3.63, 3.8) is 0 Å². The van der Waals surface area contributed by atoms with Crippen molar-refractivity contribution >= 4 is 23.4 Å². The lowest BCUT2D eigenvalue weighted by Crippen LogP contribution is -2.26. The number of halogens is 3. The zero-order valence-corrected chi connectivity index (χ0v) is 14.1. The Hall–Kier alpha value is -2.85. The Kier molecular flexibility index (Phi) is 5.14. The van der Waals surface area contributed by atoms with Crippen molar-refractivity contribution in [1.29, 1.82) is 0 Å². The lowest BCUT2D eigenvalue weighted by molar-refractivity contribution is -0.137. The molecule has 0 fully saturated rings. The van der Waals surface area contributed by atoms with Gasteiger partial charge in [-0.1, -0.05) is 0 Å². The van der Waals surface area contributed by atoms with Gasteiger partial charge in [0.2, 0.25) is 11.9 Å². The Bertz CT molecular complexity index is 770. The highest BCUT2D eigenvalue weighted by molar-refractivity contribution is 5.75. The van der Waals surface area contributed by atoms with Crippen LogP contribution in [0.1, 0.15) is 11.3 Å². The second-order valence-corrected chi connectivity index (χ2v) is 5.44. The number of aryl methyl sites for hydroxylation is 1. The van der Waals surface area contributed by atoms with Gasteiger partial charge in [0.05, 0.1) is 11.4 Å². The molecule has 0 saturated carbocycles. The number of rotatable bonds is 5. The highest BCUT2D eigenvalue weighted by atomic mass is 19.4. The first-order chi connectivity index (χ1) is 11.6. The van der Waals surface area contributed by atoms with Crippen molar-refractivity contribution in [2.24, 2.45) is 0 Å². The third kappa shape index (κ3) is 4.37. The van der Waals surface area contributed by atoms with E-state index in [0.717, 1.165) is 0 Å². The van der Waals surface area contributed by atoms with Gasteiger partial charge in [0.15, 0.2) is 0 Å². The van der Waals surface area contributed by atoms with Gasteiger partial charge in [-0.05, 0) is 6.92 Å². The van der Waals surface area contributed by atoms with Gasteiger partial charge in [-0.2, -0.15) is 23.3 Å². The van der Waals surface area contributed by atoms with Crippen molar-refractivity contribution in [3.8, 4) is 0 Å². The van der Waals surface area contributed by atoms with Crippen LogP contribution in [0.25, 0.3) is 0 Å². The molecule has 0 unspecified atom stereocenters. The normalized spacial score (nSPS) is 11.3. The topological polar surface area (TPSA) is 88.0 Å². The second-order valence-electron chi connectivity index (χ2n) is 5.44. The molecule has 0 spiro atoms. The number of anilines is 3. The molecule has 2 heterocycles. The number of hydrogen-bond donors (Lipinski definition) is 2. The third-order valence-electron chi connectivity index (χ3n) is 3.32. The Morgan fingerprint density at radius 2 is 2.04 bits per heavy atom. The lowest BCUT2D eigenvalue weighted by atomic mass is 10.3. The molecule has 0 aliphatic rings. The van der Waals surface area contributed by atoms with Crippen LogP contribution in [-0.2, 0) is 17.5 Å². The average Bonchev–Trinajstić information content (AvgIpc) is 2.85. The fraction of sp³-hybridized carbons (Fsp3) is 0.429. The Morgan fingerprint density at radius 3 is 2.60 bits per heavy atom. The highest BCUT2D eigenvalue weighted by Crippen LogP contribution is 2.33. The second kappa shape index (κ2) is 6.95. The van der Waals surface area contributed by atoms with Crippen LogP contribution in [0, 0.1) is 6.92 Å². The SMILES string of the molecule is CNc1nc(Nc2cn(CC(=O)N(C)C)nc2C)ncc1C(F)(F)F. The average molecular weight is 357 g/mol. The van der Waals surface area contributed by atoms with Crippen LogP contribution in [0.4, 0.5) is 30.6 Å². The molecule has 2 rings (SSSR count). The minimum Gasteiger partial charge on any atom is -0.372 e. The summed E-state index contributed by atoms with van der Waals surface area (Å²) in [7, 11) is 4.61. The summed E-state index contributed by atoms with van der Waals surface area (Å²) in [5, 5.41) is 9.40. The predicted octanol–water partition coefficient (Wildman–Crippen LogP) is 1.87. The summed E-state index contributed by atoms with van der Waals surface area (Å²) in [6.07, 6.45) is -2.28. The molecule has 0 aliphatic carbocycles. The van der Waals surface area contributed by atoms with Crippen LogP contribution in [0.2, 0.25) is 0 Å². The summed E-state index contributed by atoms with van der Waals surface area (Å²) < 4.78 is 40.0. The van der Waals surface area contributed by atoms with E-state index in [1.165, 1.54) is 16.6 Å². The molecular weight excluding hydrogens is 339 g/mol. The molecule has 0 radical (unpaired) electrons. The zero-order chi connectivity index (χ0) is 18.8. The summed E-state index contributed by atoms with van der Waals surface area (Å²) in [5.41, 5.74) is 0.0963. The van der Waals surface area contributed by atoms with Crippen molar-refractivity contribution in [1.82, 2.24) is 24.6 Å². The number of likely N-dealkylation sites (N-methyl/N-ethyl adjacent to an activating group) is 1. The minimum atomic E-state index is -4.55. The van der Waals surface area contributed by atoms with Crippen molar-refractivity contribution in [2.45, 2.75) is 19.6 Å². The molecule has 2 N–H and O–H groups in total. The molecule has 2 aromatic rings. The van der Waals surface area contributed by atoms with Gasteiger partial charge in [-0.25, -0.2) is 4.98 Å². The third-order valence-corrected chi connectivity index (χ3v) is 3.32. The first-order valence-electron chi connectivity index (χ1n) is 7.25. The Morgan fingerprint density at radius 1 is 1.36 bits per heavy atom. The zero-order valence-electron chi connectivity index (χ0n) is 14.1. The van der Waals surface area contributed by atoms with Gasteiger partial charge in [0.1, 0.15) is 17.9 Å². The smallest absolute Gasteiger partial charge is 0.372 e. The summed E-state index contributed by atoms with van der Waals surface area (Å²) in [6.45, 7) is 1.74. The number of nitrogens with one attached hydrogen (secondary N) is 2. The van der Waals surface area contributed by atoms with Gasteiger partial charge in [-0.3, -0.25) is 9.48 Å². The monoisotopic (exact) mass is 357 g/mol. The van der Waals surface area contributed by atoms with E-state index in [1.54, 1.807) is 27.2 Å². The number of nitrogens with zero attached hydrogens (tertiary/aromatic N) is 5. The predicted molar refractivity (Wildman–Crippen MR) is 85.5 cm³/mol. The molecule has 0 saturated heterocycles. The summed E-state index contributed by atoms with van der Waals surface area (Å²) in [4.78, 5) is 20.7. The number of carbonyl (C=O) groups is 1. The van der Waals surface area contributed by atoms with E-state index in [9.17, 15) is 18.0 Å². The molecule has 0 aromatic carbocycles. The van der Waals surface area contributed by atoms with Crippen LogP contribution < -0.4 is 10.6 Å². The van der Waals surface area contributed by atoms with Gasteiger partial charge >= 0.3 is 6.18 Å². The molecular formula is C14H18F3N7O. The molecule has 25 heavy (non-hydrogen) atoms.